The molecule has 0 radical (unpaired) electrons. The molecule has 0 fully saturated rings. The summed E-state index contributed by atoms with van der Waals surface area (Å²) >= 11 is 1.71. The van der Waals surface area contributed by atoms with Crippen LogP contribution in [0.1, 0.15) is 35.3 Å². The summed E-state index contributed by atoms with van der Waals surface area (Å²) in [4.78, 5) is 5.76. The number of aromatic nitrogens is 1. The first kappa shape index (κ1) is 16.1. The number of aryl methyl sites for hydroxylation is 1. The maximum atomic E-state index is 11.2. The summed E-state index contributed by atoms with van der Waals surface area (Å²) in [5.74, 6) is 0. The van der Waals surface area contributed by atoms with Crippen molar-refractivity contribution in [3.63, 3.8) is 0 Å². The van der Waals surface area contributed by atoms with Gasteiger partial charge in [-0.3, -0.25) is 0 Å². The molecule has 1 aromatic heterocycles. The van der Waals surface area contributed by atoms with Crippen molar-refractivity contribution >= 4 is 21.4 Å². The summed E-state index contributed by atoms with van der Waals surface area (Å²) in [5.41, 5.74) is 1.01. The summed E-state index contributed by atoms with van der Waals surface area (Å²) in [6.07, 6.45) is 2.91. The van der Waals surface area contributed by atoms with Crippen LogP contribution in [0.5, 0.6) is 0 Å². The summed E-state index contributed by atoms with van der Waals surface area (Å²) in [6.45, 7) is 4.84. The molecule has 0 bridgehead atoms. The van der Waals surface area contributed by atoms with Gasteiger partial charge in [-0.25, -0.2) is 18.5 Å². The highest BCUT2D eigenvalue weighted by Gasteiger charge is 2.10. The number of nitrogens with two attached hydrogens (primary N) is 1. The first-order chi connectivity index (χ1) is 9.90. The van der Waals surface area contributed by atoms with Crippen molar-refractivity contribution in [2.24, 2.45) is 5.14 Å². The van der Waals surface area contributed by atoms with Crippen LogP contribution in [0.15, 0.2) is 35.4 Å². The summed E-state index contributed by atoms with van der Waals surface area (Å²) in [5, 5.41) is 9.52. The van der Waals surface area contributed by atoms with Gasteiger partial charge < -0.3 is 5.32 Å². The van der Waals surface area contributed by atoms with Crippen LogP contribution in [0.3, 0.4) is 0 Å². The first-order valence-corrected chi connectivity index (χ1v) is 9.06. The first-order valence-electron chi connectivity index (χ1n) is 6.70. The van der Waals surface area contributed by atoms with E-state index in [1.807, 2.05) is 13.1 Å². The maximum absolute atomic E-state index is 11.2. The molecule has 2 rings (SSSR count). The molecule has 1 aromatic carbocycles. The Kier molecular flexibility index (Phi) is 5.10. The summed E-state index contributed by atoms with van der Waals surface area (Å²) < 4.78 is 22.4. The average Bonchev–Trinajstić information content (AvgIpc) is 2.92. The normalized spacial score (nSPS) is 13.3. The van der Waals surface area contributed by atoms with E-state index in [9.17, 15) is 8.42 Å². The van der Waals surface area contributed by atoms with E-state index in [2.05, 4.69) is 17.2 Å². The minimum Gasteiger partial charge on any atom is -0.304 e. The second-order valence-corrected chi connectivity index (χ2v) is 7.55. The average molecular weight is 325 g/mol. The molecule has 21 heavy (non-hydrogen) atoms. The van der Waals surface area contributed by atoms with Gasteiger partial charge in [0, 0.05) is 23.7 Å². The van der Waals surface area contributed by atoms with Gasteiger partial charge in [-0.05, 0) is 31.0 Å². The molecule has 0 aliphatic rings. The monoisotopic (exact) mass is 325 g/mol. The number of rotatable bonds is 6. The number of benzene rings is 1. The van der Waals surface area contributed by atoms with E-state index in [1.165, 1.54) is 17.0 Å². The summed E-state index contributed by atoms with van der Waals surface area (Å²) in [6, 6.07) is 6.71. The van der Waals surface area contributed by atoms with Gasteiger partial charge in [0.1, 0.15) is 5.01 Å². The molecule has 7 heteroatoms. The van der Waals surface area contributed by atoms with Gasteiger partial charge in [0.05, 0.1) is 4.90 Å². The third-order valence-corrected chi connectivity index (χ3v) is 5.29. The fraction of sp³-hybridized carbons (Fsp3) is 0.357. The van der Waals surface area contributed by atoms with Gasteiger partial charge in [0.15, 0.2) is 0 Å². The van der Waals surface area contributed by atoms with E-state index in [0.29, 0.717) is 6.54 Å². The lowest BCUT2D eigenvalue weighted by Gasteiger charge is -2.13. The lowest BCUT2D eigenvalue weighted by atomic mass is 10.1. The zero-order valence-electron chi connectivity index (χ0n) is 12.0. The highest BCUT2D eigenvalue weighted by atomic mass is 32.2. The second kappa shape index (κ2) is 6.65. The van der Waals surface area contributed by atoms with Crippen LogP contribution in [0.2, 0.25) is 0 Å². The maximum Gasteiger partial charge on any atom is 0.238 e. The van der Waals surface area contributed by atoms with Crippen LogP contribution < -0.4 is 10.5 Å². The molecule has 1 atom stereocenters. The fourth-order valence-electron chi connectivity index (χ4n) is 1.90. The van der Waals surface area contributed by atoms with Crippen molar-refractivity contribution in [2.45, 2.75) is 37.8 Å². The molecule has 2 aromatic rings. The van der Waals surface area contributed by atoms with Crippen molar-refractivity contribution < 1.29 is 8.42 Å². The SMILES string of the molecule is CCc1cnc(CNC(C)c2ccc(S(N)(=O)=O)cc2)s1. The van der Waals surface area contributed by atoms with E-state index in [-0.39, 0.29) is 10.9 Å². The molecular formula is C14H19N3O2S2. The molecule has 0 saturated carbocycles. The van der Waals surface area contributed by atoms with Crippen LogP contribution in [-0.2, 0) is 23.0 Å². The largest absolute Gasteiger partial charge is 0.304 e. The molecule has 1 heterocycles. The molecule has 0 saturated heterocycles. The zero-order chi connectivity index (χ0) is 15.5. The Morgan fingerprint density at radius 1 is 1.33 bits per heavy atom. The van der Waals surface area contributed by atoms with Gasteiger partial charge in [0.25, 0.3) is 0 Å². The highest BCUT2D eigenvalue weighted by molar-refractivity contribution is 7.89. The lowest BCUT2D eigenvalue weighted by Crippen LogP contribution is -2.18. The van der Waals surface area contributed by atoms with Crippen molar-refractivity contribution in [1.29, 1.82) is 0 Å². The third-order valence-electron chi connectivity index (χ3n) is 3.22. The molecule has 0 aliphatic carbocycles. The Hall–Kier alpha value is -1.28. The van der Waals surface area contributed by atoms with E-state index in [1.54, 1.807) is 23.5 Å². The number of nitrogens with zero attached hydrogens (tertiary/aromatic N) is 1. The van der Waals surface area contributed by atoms with E-state index >= 15 is 0 Å². The zero-order valence-corrected chi connectivity index (χ0v) is 13.7. The molecule has 114 valence electrons. The molecular weight excluding hydrogens is 306 g/mol. The summed E-state index contributed by atoms with van der Waals surface area (Å²) in [7, 11) is -3.63. The minimum atomic E-state index is -3.63. The Morgan fingerprint density at radius 2 is 2.00 bits per heavy atom. The minimum absolute atomic E-state index is 0.105. The van der Waals surface area contributed by atoms with Crippen LogP contribution >= 0.6 is 11.3 Å². The van der Waals surface area contributed by atoms with Gasteiger partial charge in [-0.15, -0.1) is 11.3 Å². The van der Waals surface area contributed by atoms with Crippen LogP contribution in [0.25, 0.3) is 0 Å². The number of hydrogen-bond donors (Lipinski definition) is 2. The fourth-order valence-corrected chi connectivity index (χ4v) is 3.23. The number of nitrogens with one attached hydrogen (secondary N) is 1. The van der Waals surface area contributed by atoms with Crippen LogP contribution in [0.4, 0.5) is 0 Å². The number of hydrogen-bond acceptors (Lipinski definition) is 5. The highest BCUT2D eigenvalue weighted by Crippen LogP contribution is 2.18. The Morgan fingerprint density at radius 3 is 2.52 bits per heavy atom. The van der Waals surface area contributed by atoms with Crippen LogP contribution in [0, 0.1) is 0 Å². The second-order valence-electron chi connectivity index (χ2n) is 4.79. The quantitative estimate of drug-likeness (QED) is 0.852. The molecule has 3 N–H and O–H groups in total. The Balaban J connectivity index is 1.98. The van der Waals surface area contributed by atoms with Gasteiger partial charge in [-0.2, -0.15) is 0 Å². The molecule has 0 aliphatic heterocycles. The predicted molar refractivity (Wildman–Crippen MR) is 84.6 cm³/mol. The molecule has 0 spiro atoms. The van der Waals surface area contributed by atoms with E-state index in [0.717, 1.165) is 17.0 Å². The lowest BCUT2D eigenvalue weighted by molar-refractivity contribution is 0.572. The van der Waals surface area contributed by atoms with Crippen molar-refractivity contribution in [2.75, 3.05) is 0 Å². The topological polar surface area (TPSA) is 85.1 Å². The van der Waals surface area contributed by atoms with Crippen molar-refractivity contribution in [3.8, 4) is 0 Å². The number of thiazole rings is 1. The van der Waals surface area contributed by atoms with E-state index < -0.39 is 10.0 Å². The number of primary sulfonamides is 1. The molecule has 5 nitrogen and oxygen atoms in total. The molecule has 1 unspecified atom stereocenters. The number of sulfonamides is 1. The smallest absolute Gasteiger partial charge is 0.238 e. The van der Waals surface area contributed by atoms with Gasteiger partial charge >= 0.3 is 0 Å². The Labute approximate surface area is 129 Å². The van der Waals surface area contributed by atoms with Gasteiger partial charge in [-0.1, -0.05) is 19.1 Å². The van der Waals surface area contributed by atoms with Crippen molar-refractivity contribution in [3.05, 3.63) is 45.9 Å². The van der Waals surface area contributed by atoms with Gasteiger partial charge in [0.2, 0.25) is 10.0 Å². The Bertz CT molecular complexity index is 693. The molecule has 0 amide bonds. The predicted octanol–water partition coefficient (Wildman–Crippen LogP) is 2.20. The van der Waals surface area contributed by atoms with Crippen LogP contribution in [-0.4, -0.2) is 13.4 Å². The van der Waals surface area contributed by atoms with E-state index in [4.69, 9.17) is 5.14 Å². The van der Waals surface area contributed by atoms with Crippen molar-refractivity contribution in [1.82, 2.24) is 10.3 Å². The standard InChI is InChI=1S/C14H19N3O2S2/c1-3-12-8-17-14(20-12)9-16-10(2)11-4-6-13(7-5-11)21(15,18)19/h4-8,10,16H,3,9H2,1-2H3,(H2,15,18,19). The third kappa shape index (κ3) is 4.34.